The van der Waals surface area contributed by atoms with Gasteiger partial charge in [-0.1, -0.05) is 6.85 Å². The number of anilines is 1. The molecule has 0 bridgehead atoms. The van der Waals surface area contributed by atoms with Crippen molar-refractivity contribution in [3.63, 3.8) is 0 Å². The summed E-state index contributed by atoms with van der Waals surface area (Å²) in [6, 6.07) is 2.25. The first kappa shape index (κ1) is 2.97. The molecule has 2 rings (SSSR count). The van der Waals surface area contributed by atoms with Gasteiger partial charge in [-0.25, -0.2) is 4.98 Å². The predicted octanol–water partition coefficient (Wildman–Crippen LogP) is 3.08. The van der Waals surface area contributed by atoms with Gasteiger partial charge in [-0.15, -0.1) is 0 Å². The van der Waals surface area contributed by atoms with Crippen molar-refractivity contribution in [3.8, 4) is 0 Å². The Hall–Kier alpha value is -0.570. The van der Waals surface area contributed by atoms with Gasteiger partial charge in [0.05, 0.1) is 0 Å². The second kappa shape index (κ2) is 4.30. The summed E-state index contributed by atoms with van der Waals surface area (Å²) in [6.07, 6.45) is -6.08. The molecule has 1 atom stereocenters. The lowest BCUT2D eigenvalue weighted by Gasteiger charge is -2.32. The van der Waals surface area contributed by atoms with Crippen LogP contribution in [0.2, 0.25) is 0 Å². The SMILES string of the molecule is [2H]C([2H])([2H])C1([2H])C([2H])([2H])N(c2ccnc(Br)c2)C([2H])([2H])C([2H])([2H])C1([2H])[2H]. The van der Waals surface area contributed by atoms with E-state index in [1.54, 1.807) is 0 Å². The Morgan fingerprint density at radius 1 is 1.86 bits per heavy atom. The molecule has 1 aliphatic heterocycles. The number of nitrogens with zero attached hydrogens (tertiary/aromatic N) is 2. The van der Waals surface area contributed by atoms with Gasteiger partial charge in [-0.3, -0.25) is 0 Å². The first-order valence-corrected chi connectivity index (χ1v) is 4.58. The van der Waals surface area contributed by atoms with Gasteiger partial charge in [0.1, 0.15) is 4.60 Å². The highest BCUT2D eigenvalue weighted by atomic mass is 79.9. The van der Waals surface area contributed by atoms with Crippen molar-refractivity contribution >= 4 is 21.6 Å². The zero-order valence-corrected chi connectivity index (χ0v) is 8.59. The molecule has 1 aliphatic rings. The van der Waals surface area contributed by atoms with Crippen LogP contribution in [-0.4, -0.2) is 18.0 Å². The molecule has 0 radical (unpaired) electrons. The molecule has 1 aromatic heterocycles. The first-order valence-electron chi connectivity index (χ1n) is 9.79. The minimum Gasteiger partial charge on any atom is -0.371 e. The Bertz CT molecular complexity index is 717. The van der Waals surface area contributed by atoms with Crippen molar-refractivity contribution in [2.24, 2.45) is 5.89 Å². The van der Waals surface area contributed by atoms with E-state index in [2.05, 4.69) is 20.9 Å². The third-order valence-electron chi connectivity index (χ3n) is 1.55. The Kier molecular flexibility index (Phi) is 0.913. The van der Waals surface area contributed by atoms with Crippen LogP contribution < -0.4 is 4.90 Å². The van der Waals surface area contributed by atoms with E-state index in [4.69, 9.17) is 16.4 Å². The Labute approximate surface area is 110 Å². The molecule has 2 nitrogen and oxygen atoms in total. The summed E-state index contributed by atoms with van der Waals surface area (Å²) in [4.78, 5) is 3.97. The predicted molar refractivity (Wildman–Crippen MR) is 62.5 cm³/mol. The van der Waals surface area contributed by atoms with Gasteiger partial charge in [0.25, 0.3) is 0 Å². The zero-order chi connectivity index (χ0) is 20.6. The summed E-state index contributed by atoms with van der Waals surface area (Å²) in [5, 5.41) is 0. The van der Waals surface area contributed by atoms with Gasteiger partial charge in [-0.05, 0) is 46.7 Å². The third-order valence-corrected chi connectivity index (χ3v) is 1.98. The summed E-state index contributed by atoms with van der Waals surface area (Å²) in [5.74, 6) is -3.64. The second-order valence-corrected chi connectivity index (χ2v) is 3.33. The zero-order valence-electron chi connectivity index (χ0n) is 19.0. The van der Waals surface area contributed by atoms with E-state index in [0.29, 0.717) is 0 Å². The molecular formula is C11H15BrN2. The lowest BCUT2D eigenvalue weighted by molar-refractivity contribution is 0.447. The quantitative estimate of drug-likeness (QED) is 0.727. The molecule has 0 saturated carbocycles. The Balaban J connectivity index is 2.93. The van der Waals surface area contributed by atoms with Crippen LogP contribution in [0.15, 0.2) is 22.9 Å². The van der Waals surface area contributed by atoms with Crippen LogP contribution in [0.1, 0.15) is 36.0 Å². The van der Waals surface area contributed by atoms with Crippen molar-refractivity contribution in [1.82, 2.24) is 4.98 Å². The summed E-state index contributed by atoms with van der Waals surface area (Å²) in [5.41, 5.74) is -0.290. The molecule has 1 aromatic rings. The smallest absolute Gasteiger partial charge is 0.108 e. The van der Waals surface area contributed by atoms with E-state index in [1.165, 1.54) is 0 Å². The maximum atomic E-state index is 8.26. The van der Waals surface area contributed by atoms with E-state index in [9.17, 15) is 0 Å². The maximum Gasteiger partial charge on any atom is 0.108 e. The van der Waals surface area contributed by atoms with Crippen LogP contribution in [0.3, 0.4) is 0 Å². The van der Waals surface area contributed by atoms with Crippen LogP contribution in [0.4, 0.5) is 5.69 Å². The van der Waals surface area contributed by atoms with Crippen molar-refractivity contribution in [2.45, 2.75) is 19.6 Å². The molecule has 1 unspecified atom stereocenters. The normalized spacial score (nSPS) is 55.6. The van der Waals surface area contributed by atoms with Crippen molar-refractivity contribution in [3.05, 3.63) is 22.9 Å². The summed E-state index contributed by atoms with van der Waals surface area (Å²) in [6.45, 7) is -10.4. The van der Waals surface area contributed by atoms with Crippen LogP contribution >= 0.6 is 15.9 Å². The highest BCUT2D eigenvalue weighted by molar-refractivity contribution is 9.10. The highest BCUT2D eigenvalue weighted by Crippen LogP contribution is 2.23. The lowest BCUT2D eigenvalue weighted by atomic mass is 10.00. The molecule has 0 aliphatic carbocycles. The second-order valence-electron chi connectivity index (χ2n) is 2.52. The van der Waals surface area contributed by atoms with Gasteiger partial charge in [-0.2, -0.15) is 0 Å². The number of aromatic nitrogens is 1. The number of hydrogen-bond donors (Lipinski definition) is 0. The van der Waals surface area contributed by atoms with E-state index in [-0.39, 0.29) is 15.2 Å². The van der Waals surface area contributed by atoms with E-state index < -0.39 is 38.5 Å². The molecule has 0 aromatic carbocycles. The first-order chi connectivity index (χ1) is 11.4. The molecule has 0 amide bonds. The van der Waals surface area contributed by atoms with Gasteiger partial charge >= 0.3 is 0 Å². The van der Waals surface area contributed by atoms with Gasteiger partial charge in [0.15, 0.2) is 0 Å². The van der Waals surface area contributed by atoms with Gasteiger partial charge in [0, 0.05) is 41.3 Å². The van der Waals surface area contributed by atoms with Crippen LogP contribution in [0, 0.1) is 5.89 Å². The number of rotatable bonds is 1. The number of halogens is 1. The summed E-state index contributed by atoms with van der Waals surface area (Å²) >= 11 is 3.01. The Morgan fingerprint density at radius 3 is 3.57 bits per heavy atom. The fraction of sp³-hybridized carbons (Fsp3) is 0.545. The van der Waals surface area contributed by atoms with E-state index in [1.807, 2.05) is 0 Å². The van der Waals surface area contributed by atoms with Crippen LogP contribution in [0.25, 0.3) is 0 Å². The average molecular weight is 267 g/mol. The molecule has 0 N–H and O–H groups in total. The monoisotopic (exact) mass is 266 g/mol. The molecule has 3 heteroatoms. The summed E-state index contributed by atoms with van der Waals surface area (Å²) < 4.78 is 95.7. The lowest BCUT2D eigenvalue weighted by Crippen LogP contribution is -2.34. The third kappa shape index (κ3) is 2.27. The maximum absolute atomic E-state index is 8.26. The fourth-order valence-electron chi connectivity index (χ4n) is 0.974. The average Bonchev–Trinajstić information content (AvgIpc) is 2.42. The topological polar surface area (TPSA) is 16.1 Å². The minimum atomic E-state index is -3.70. The molecular weight excluding hydrogens is 240 g/mol. The van der Waals surface area contributed by atoms with Crippen molar-refractivity contribution in [1.29, 1.82) is 0 Å². The fourth-order valence-corrected chi connectivity index (χ4v) is 1.33. The number of piperidine rings is 1. The largest absolute Gasteiger partial charge is 0.371 e. The molecule has 14 heavy (non-hydrogen) atoms. The molecule has 0 spiro atoms. The highest BCUT2D eigenvalue weighted by Gasteiger charge is 2.16. The minimum absolute atomic E-state index is 0.139. The van der Waals surface area contributed by atoms with Crippen LogP contribution in [-0.2, 0) is 0 Å². The van der Waals surface area contributed by atoms with E-state index >= 15 is 0 Å². The van der Waals surface area contributed by atoms with Crippen molar-refractivity contribution < 1.29 is 16.4 Å². The standard InChI is InChI=1S/C11H15BrN2/c1-9-3-2-6-14(8-9)10-4-5-13-11(12)7-10/h4-5,7,9H,2-3,6,8H2,1H3/i1D3,2D2,3D2,6D2,8D2,9D. The van der Waals surface area contributed by atoms with Crippen LogP contribution in [0.5, 0.6) is 0 Å². The summed E-state index contributed by atoms with van der Waals surface area (Å²) in [7, 11) is 0. The number of hydrogen-bond acceptors (Lipinski definition) is 2. The van der Waals surface area contributed by atoms with E-state index in [0.717, 1.165) is 18.3 Å². The number of pyridine rings is 1. The molecule has 1 saturated heterocycles. The van der Waals surface area contributed by atoms with Crippen molar-refractivity contribution in [2.75, 3.05) is 17.9 Å². The molecule has 2 heterocycles. The van der Waals surface area contributed by atoms with Gasteiger partial charge < -0.3 is 4.90 Å². The van der Waals surface area contributed by atoms with Gasteiger partial charge in [0.2, 0.25) is 0 Å². The Morgan fingerprint density at radius 2 is 2.79 bits per heavy atom. The molecule has 76 valence electrons. The molecule has 1 fully saturated rings.